The van der Waals surface area contributed by atoms with Crippen LogP contribution in [0.15, 0.2) is 0 Å². The fourth-order valence-electron chi connectivity index (χ4n) is 3.11. The molecule has 1 saturated heterocycles. The van der Waals surface area contributed by atoms with E-state index in [-0.39, 0.29) is 32.1 Å². The molecule has 4 N–H and O–H groups in total. The predicted octanol–water partition coefficient (Wildman–Crippen LogP) is -2.83. The summed E-state index contributed by atoms with van der Waals surface area (Å²) in [6.07, 6.45) is 5.08. The molecule has 1 amide bonds. The van der Waals surface area contributed by atoms with Crippen LogP contribution < -0.4 is 5.32 Å². The molecule has 1 aliphatic rings. The molecule has 0 saturated carbocycles. The van der Waals surface area contributed by atoms with Gasteiger partial charge in [-0.1, -0.05) is 6.42 Å². The monoisotopic (exact) mass is 427 g/mol. The molecule has 12 nitrogen and oxygen atoms in total. The predicted molar refractivity (Wildman–Crippen MR) is 106 cm³/mol. The molecule has 0 aromatic rings. The Labute approximate surface area is 175 Å². The Bertz CT molecular complexity index is 619. The van der Waals surface area contributed by atoms with E-state index in [9.17, 15) is 19.2 Å². The highest BCUT2D eigenvalue weighted by molar-refractivity contribution is 5.79. The molecule has 1 heterocycles. The summed E-state index contributed by atoms with van der Waals surface area (Å²) in [5.41, 5.74) is 0. The first-order chi connectivity index (χ1) is 14.2. The number of terminal acetylenes is 1. The van der Waals surface area contributed by atoms with Crippen molar-refractivity contribution in [1.29, 1.82) is 0 Å². The Hall–Kier alpha value is -2.72. The molecule has 0 unspecified atom stereocenters. The lowest BCUT2D eigenvalue weighted by Crippen LogP contribution is -2.49. The SMILES string of the molecule is C#CNC(=O)CN1CCN(CC(=O)O)CCN(CC(=O)O)CCN(CC(=O)O)CC1. The zero-order valence-corrected chi connectivity index (χ0v) is 16.8. The highest BCUT2D eigenvalue weighted by Crippen LogP contribution is 2.01. The number of carboxylic acids is 3. The van der Waals surface area contributed by atoms with Crippen LogP contribution in [0, 0.1) is 12.5 Å². The van der Waals surface area contributed by atoms with Crippen molar-refractivity contribution in [1.82, 2.24) is 24.9 Å². The highest BCUT2D eigenvalue weighted by atomic mass is 16.4. The Morgan fingerprint density at radius 1 is 0.633 bits per heavy atom. The van der Waals surface area contributed by atoms with Crippen LogP contribution >= 0.6 is 0 Å². The summed E-state index contributed by atoms with van der Waals surface area (Å²) >= 11 is 0. The first kappa shape index (κ1) is 25.3. The van der Waals surface area contributed by atoms with Crippen LogP contribution in [-0.4, -0.2) is 137 Å². The second-order valence-corrected chi connectivity index (χ2v) is 6.98. The maximum atomic E-state index is 11.9. The van der Waals surface area contributed by atoms with Crippen molar-refractivity contribution in [2.75, 3.05) is 78.5 Å². The van der Waals surface area contributed by atoms with Gasteiger partial charge in [0.25, 0.3) is 0 Å². The van der Waals surface area contributed by atoms with E-state index in [0.29, 0.717) is 52.4 Å². The lowest BCUT2D eigenvalue weighted by atomic mass is 10.3. The van der Waals surface area contributed by atoms with Gasteiger partial charge in [-0.2, -0.15) is 0 Å². The summed E-state index contributed by atoms with van der Waals surface area (Å²) in [5.74, 6) is -3.40. The fraction of sp³-hybridized carbons (Fsp3) is 0.667. The Kier molecular flexibility index (Phi) is 11.4. The van der Waals surface area contributed by atoms with Crippen LogP contribution in [0.2, 0.25) is 0 Å². The summed E-state index contributed by atoms with van der Waals surface area (Å²) in [4.78, 5) is 52.2. The minimum atomic E-state index is -1.01. The first-order valence-corrected chi connectivity index (χ1v) is 9.48. The Morgan fingerprint density at radius 2 is 0.900 bits per heavy atom. The van der Waals surface area contributed by atoms with Gasteiger partial charge in [-0.15, -0.1) is 0 Å². The molecule has 0 aromatic heterocycles. The molecule has 0 aliphatic carbocycles. The van der Waals surface area contributed by atoms with Gasteiger partial charge in [-0.3, -0.25) is 44.1 Å². The molecule has 0 aromatic carbocycles. The number of carbonyl (C=O) groups excluding carboxylic acids is 1. The number of rotatable bonds is 8. The summed E-state index contributed by atoms with van der Waals surface area (Å²) in [7, 11) is 0. The van der Waals surface area contributed by atoms with Gasteiger partial charge < -0.3 is 15.3 Å². The molecule has 1 fully saturated rings. The van der Waals surface area contributed by atoms with Crippen molar-refractivity contribution in [3.8, 4) is 12.5 Å². The first-order valence-electron chi connectivity index (χ1n) is 9.48. The van der Waals surface area contributed by atoms with Crippen molar-refractivity contribution in [2.24, 2.45) is 0 Å². The van der Waals surface area contributed by atoms with Gasteiger partial charge in [-0.25, -0.2) is 0 Å². The average Bonchev–Trinajstić information content (AvgIpc) is 2.62. The molecule has 0 spiro atoms. The van der Waals surface area contributed by atoms with Crippen molar-refractivity contribution in [3.63, 3.8) is 0 Å². The quantitative estimate of drug-likeness (QED) is 0.234. The molecule has 1 rings (SSSR count). The van der Waals surface area contributed by atoms with E-state index in [1.165, 1.54) is 0 Å². The second-order valence-electron chi connectivity index (χ2n) is 6.98. The van der Waals surface area contributed by atoms with Crippen LogP contribution in [-0.2, 0) is 19.2 Å². The number of nitrogens with one attached hydrogen (secondary N) is 1. The lowest BCUT2D eigenvalue weighted by molar-refractivity contribution is -0.140. The Morgan fingerprint density at radius 3 is 1.13 bits per heavy atom. The normalized spacial score (nSPS) is 18.5. The molecular formula is C18H29N5O7. The van der Waals surface area contributed by atoms with Gasteiger partial charge in [0.1, 0.15) is 0 Å². The largest absolute Gasteiger partial charge is 0.480 e. The minimum Gasteiger partial charge on any atom is -0.480 e. The molecule has 0 atom stereocenters. The van der Waals surface area contributed by atoms with Crippen LogP contribution in [0.5, 0.6) is 0 Å². The number of nitrogens with zero attached hydrogens (tertiary/aromatic N) is 4. The molecule has 0 bridgehead atoms. The fourth-order valence-corrected chi connectivity index (χ4v) is 3.11. The van der Waals surface area contributed by atoms with Gasteiger partial charge in [0.2, 0.25) is 5.91 Å². The van der Waals surface area contributed by atoms with Crippen LogP contribution in [0.4, 0.5) is 0 Å². The summed E-state index contributed by atoms with van der Waals surface area (Å²) in [6, 6.07) is 2.06. The van der Waals surface area contributed by atoms with Crippen LogP contribution in [0.25, 0.3) is 0 Å². The van der Waals surface area contributed by atoms with Gasteiger partial charge in [-0.05, 0) is 0 Å². The maximum absolute atomic E-state index is 11.9. The van der Waals surface area contributed by atoms with Gasteiger partial charge >= 0.3 is 17.9 Å². The summed E-state index contributed by atoms with van der Waals surface area (Å²) in [5, 5.41) is 29.7. The molecule has 168 valence electrons. The van der Waals surface area contributed by atoms with Gasteiger partial charge in [0.15, 0.2) is 0 Å². The van der Waals surface area contributed by atoms with Crippen LogP contribution in [0.3, 0.4) is 0 Å². The van der Waals surface area contributed by atoms with E-state index < -0.39 is 17.9 Å². The van der Waals surface area contributed by atoms with Crippen molar-refractivity contribution >= 4 is 23.8 Å². The van der Waals surface area contributed by atoms with Gasteiger partial charge in [0, 0.05) is 58.4 Å². The second kappa shape index (κ2) is 13.5. The van der Waals surface area contributed by atoms with E-state index in [0.717, 1.165) is 0 Å². The van der Waals surface area contributed by atoms with E-state index in [1.54, 1.807) is 19.6 Å². The number of hydrogen-bond acceptors (Lipinski definition) is 8. The van der Waals surface area contributed by atoms with E-state index in [2.05, 4.69) is 11.4 Å². The lowest BCUT2D eigenvalue weighted by Gasteiger charge is -2.32. The molecule has 1 aliphatic heterocycles. The number of carboxylic acid groups (broad SMARTS) is 3. The summed E-state index contributed by atoms with van der Waals surface area (Å²) < 4.78 is 0. The zero-order valence-electron chi connectivity index (χ0n) is 16.8. The molecule has 0 radical (unpaired) electrons. The standard InChI is InChI=1S/C18H29N5O7/c1-2-19-15(24)11-20-3-5-21(12-16(25)26)7-9-23(14-18(29)30)10-8-22(6-4-20)13-17(27)28/h1H,3-14H2,(H,19,24)(H,25,26)(H,27,28)(H,29,30). The number of amides is 1. The third-order valence-corrected chi connectivity index (χ3v) is 4.59. The van der Waals surface area contributed by atoms with Gasteiger partial charge in [0.05, 0.1) is 26.2 Å². The average molecular weight is 427 g/mol. The third kappa shape index (κ3) is 11.3. The van der Waals surface area contributed by atoms with E-state index in [4.69, 9.17) is 21.7 Å². The minimum absolute atomic E-state index is 0.00282. The number of aliphatic carboxylic acids is 3. The zero-order chi connectivity index (χ0) is 22.5. The topological polar surface area (TPSA) is 154 Å². The van der Waals surface area contributed by atoms with Crippen LogP contribution in [0.1, 0.15) is 0 Å². The van der Waals surface area contributed by atoms with Crippen molar-refractivity contribution < 1.29 is 34.5 Å². The van der Waals surface area contributed by atoms with E-state index in [1.807, 2.05) is 0 Å². The van der Waals surface area contributed by atoms with Crippen molar-refractivity contribution in [3.05, 3.63) is 0 Å². The number of hydrogen-bond donors (Lipinski definition) is 4. The smallest absolute Gasteiger partial charge is 0.317 e. The van der Waals surface area contributed by atoms with Crippen molar-refractivity contribution in [2.45, 2.75) is 0 Å². The number of carbonyl (C=O) groups is 4. The molecule has 30 heavy (non-hydrogen) atoms. The maximum Gasteiger partial charge on any atom is 0.317 e. The molecular weight excluding hydrogens is 398 g/mol. The van der Waals surface area contributed by atoms with E-state index >= 15 is 0 Å². The third-order valence-electron chi connectivity index (χ3n) is 4.59. The highest BCUT2D eigenvalue weighted by Gasteiger charge is 2.20. The molecule has 12 heteroatoms. The summed E-state index contributed by atoms with van der Waals surface area (Å²) in [6.45, 7) is 2.05. The Balaban J connectivity index is 2.94.